The van der Waals surface area contributed by atoms with Crippen molar-refractivity contribution in [2.75, 3.05) is 7.05 Å². The van der Waals surface area contributed by atoms with E-state index in [9.17, 15) is 8.78 Å². The fraction of sp³-hybridized carbons (Fsp3) is 0.647. The average molecular weight is 281 g/mol. The lowest BCUT2D eigenvalue weighted by Crippen LogP contribution is -2.40. The second-order valence-electron chi connectivity index (χ2n) is 5.99. The van der Waals surface area contributed by atoms with Crippen molar-refractivity contribution in [2.24, 2.45) is 11.8 Å². The van der Waals surface area contributed by atoms with Crippen molar-refractivity contribution in [3.05, 3.63) is 35.4 Å². The normalized spacial score (nSPS) is 24.6. The molecule has 0 saturated heterocycles. The average Bonchev–Trinajstić information content (AvgIpc) is 2.43. The second kappa shape index (κ2) is 7.16. The van der Waals surface area contributed by atoms with E-state index in [1.807, 2.05) is 7.05 Å². The Morgan fingerprint density at radius 3 is 2.40 bits per heavy atom. The number of hydrogen-bond donors (Lipinski definition) is 1. The first kappa shape index (κ1) is 15.4. The first-order chi connectivity index (χ1) is 9.63. The SMILES string of the molecule is CCC1CCCCC1C(Cc1cc(F)cc(F)c1)NC. The van der Waals surface area contributed by atoms with Crippen molar-refractivity contribution >= 4 is 0 Å². The van der Waals surface area contributed by atoms with Gasteiger partial charge in [0.2, 0.25) is 0 Å². The van der Waals surface area contributed by atoms with Crippen LogP contribution in [0.4, 0.5) is 8.78 Å². The number of halogens is 2. The molecule has 3 unspecified atom stereocenters. The molecule has 1 aliphatic carbocycles. The summed E-state index contributed by atoms with van der Waals surface area (Å²) in [7, 11) is 1.96. The molecular formula is C17H25F2N. The summed E-state index contributed by atoms with van der Waals surface area (Å²) in [5.74, 6) is 0.390. The highest BCUT2D eigenvalue weighted by molar-refractivity contribution is 5.19. The summed E-state index contributed by atoms with van der Waals surface area (Å²) in [5, 5.41) is 3.38. The van der Waals surface area contributed by atoms with Crippen LogP contribution in [0.2, 0.25) is 0 Å². The molecule has 0 aliphatic heterocycles. The Bertz CT molecular complexity index is 413. The molecule has 2 rings (SSSR count). The van der Waals surface area contributed by atoms with Crippen LogP contribution in [-0.2, 0) is 6.42 Å². The van der Waals surface area contributed by atoms with Gasteiger partial charge in [0, 0.05) is 12.1 Å². The van der Waals surface area contributed by atoms with Crippen LogP contribution in [0.25, 0.3) is 0 Å². The highest BCUT2D eigenvalue weighted by Gasteiger charge is 2.30. The van der Waals surface area contributed by atoms with Gasteiger partial charge in [-0.05, 0) is 49.4 Å². The van der Waals surface area contributed by atoms with Gasteiger partial charge in [-0.25, -0.2) is 8.78 Å². The predicted octanol–water partition coefficient (Wildman–Crippen LogP) is 4.31. The molecule has 1 aliphatic rings. The van der Waals surface area contributed by atoms with Crippen LogP contribution in [0.5, 0.6) is 0 Å². The fourth-order valence-electron chi connectivity index (χ4n) is 3.72. The van der Waals surface area contributed by atoms with E-state index in [-0.39, 0.29) is 0 Å². The molecule has 0 aromatic heterocycles. The lowest BCUT2D eigenvalue weighted by Gasteiger charge is -2.37. The minimum absolute atomic E-state index is 0.307. The zero-order valence-corrected chi connectivity index (χ0v) is 12.5. The summed E-state index contributed by atoms with van der Waals surface area (Å²) >= 11 is 0. The zero-order chi connectivity index (χ0) is 14.5. The summed E-state index contributed by atoms with van der Waals surface area (Å²) in [6.45, 7) is 2.25. The van der Waals surface area contributed by atoms with Crippen LogP contribution >= 0.6 is 0 Å². The van der Waals surface area contributed by atoms with Gasteiger partial charge in [-0.1, -0.05) is 32.6 Å². The van der Waals surface area contributed by atoms with Gasteiger partial charge >= 0.3 is 0 Å². The van der Waals surface area contributed by atoms with Crippen LogP contribution in [-0.4, -0.2) is 13.1 Å². The van der Waals surface area contributed by atoms with Gasteiger partial charge in [-0.15, -0.1) is 0 Å². The molecule has 0 heterocycles. The number of nitrogens with one attached hydrogen (secondary N) is 1. The Morgan fingerprint density at radius 1 is 1.15 bits per heavy atom. The van der Waals surface area contributed by atoms with Crippen LogP contribution < -0.4 is 5.32 Å². The Labute approximate surface area is 120 Å². The monoisotopic (exact) mass is 281 g/mol. The Hall–Kier alpha value is -0.960. The molecule has 0 radical (unpaired) electrons. The first-order valence-corrected chi connectivity index (χ1v) is 7.76. The van der Waals surface area contributed by atoms with Gasteiger partial charge in [-0.3, -0.25) is 0 Å². The van der Waals surface area contributed by atoms with E-state index < -0.39 is 11.6 Å². The van der Waals surface area contributed by atoms with Crippen molar-refractivity contribution in [2.45, 2.75) is 51.5 Å². The maximum atomic E-state index is 13.3. The van der Waals surface area contributed by atoms with E-state index >= 15 is 0 Å². The summed E-state index contributed by atoms with van der Waals surface area (Å²) in [6, 6.07) is 4.16. The molecule has 3 heteroatoms. The molecule has 1 aromatic rings. The maximum absolute atomic E-state index is 13.3. The Morgan fingerprint density at radius 2 is 1.80 bits per heavy atom. The van der Waals surface area contributed by atoms with Gasteiger partial charge in [-0.2, -0.15) is 0 Å². The van der Waals surface area contributed by atoms with E-state index in [2.05, 4.69) is 12.2 Å². The summed E-state index contributed by atoms with van der Waals surface area (Å²) in [6.07, 6.45) is 7.00. The van der Waals surface area contributed by atoms with E-state index in [1.54, 1.807) is 0 Å². The topological polar surface area (TPSA) is 12.0 Å². The predicted molar refractivity (Wildman–Crippen MR) is 78.6 cm³/mol. The summed E-state index contributed by atoms with van der Waals surface area (Å²) in [4.78, 5) is 0. The van der Waals surface area contributed by atoms with E-state index in [0.29, 0.717) is 18.4 Å². The van der Waals surface area contributed by atoms with Crippen molar-refractivity contribution in [1.82, 2.24) is 5.32 Å². The second-order valence-corrected chi connectivity index (χ2v) is 5.99. The van der Waals surface area contributed by atoms with Gasteiger partial charge in [0.25, 0.3) is 0 Å². The van der Waals surface area contributed by atoms with Gasteiger partial charge in [0.1, 0.15) is 11.6 Å². The van der Waals surface area contributed by atoms with Gasteiger partial charge in [0.15, 0.2) is 0 Å². The molecule has 1 N–H and O–H groups in total. The van der Waals surface area contributed by atoms with Crippen LogP contribution in [0.1, 0.15) is 44.6 Å². The van der Waals surface area contributed by atoms with E-state index in [0.717, 1.165) is 17.5 Å². The first-order valence-electron chi connectivity index (χ1n) is 7.76. The molecular weight excluding hydrogens is 256 g/mol. The minimum Gasteiger partial charge on any atom is -0.316 e. The zero-order valence-electron chi connectivity index (χ0n) is 12.5. The van der Waals surface area contributed by atoms with Gasteiger partial charge < -0.3 is 5.32 Å². The maximum Gasteiger partial charge on any atom is 0.126 e. The Balaban J connectivity index is 2.11. The molecule has 112 valence electrons. The Kier molecular flexibility index (Phi) is 5.53. The third-order valence-corrected chi connectivity index (χ3v) is 4.76. The molecule has 1 fully saturated rings. The number of likely N-dealkylation sites (N-methyl/N-ethyl adjacent to an activating group) is 1. The largest absolute Gasteiger partial charge is 0.316 e. The molecule has 1 nitrogen and oxygen atoms in total. The number of benzene rings is 1. The molecule has 0 spiro atoms. The minimum atomic E-state index is -0.481. The van der Waals surface area contributed by atoms with Crippen molar-refractivity contribution in [3.63, 3.8) is 0 Å². The third-order valence-electron chi connectivity index (χ3n) is 4.76. The standard InChI is InChI=1S/C17H25F2N/c1-3-13-6-4-5-7-16(13)17(20-2)10-12-8-14(18)11-15(19)9-12/h8-9,11,13,16-17,20H,3-7,10H2,1-2H3. The van der Waals surface area contributed by atoms with Crippen LogP contribution in [0.3, 0.4) is 0 Å². The van der Waals surface area contributed by atoms with Crippen molar-refractivity contribution in [3.8, 4) is 0 Å². The fourth-order valence-corrected chi connectivity index (χ4v) is 3.72. The lowest BCUT2D eigenvalue weighted by atomic mass is 9.73. The smallest absolute Gasteiger partial charge is 0.126 e. The highest BCUT2D eigenvalue weighted by Crippen LogP contribution is 2.35. The van der Waals surface area contributed by atoms with Crippen LogP contribution in [0, 0.1) is 23.5 Å². The van der Waals surface area contributed by atoms with E-state index in [1.165, 1.54) is 44.2 Å². The molecule has 3 atom stereocenters. The number of rotatable bonds is 5. The highest BCUT2D eigenvalue weighted by atomic mass is 19.1. The molecule has 0 bridgehead atoms. The third kappa shape index (κ3) is 3.78. The van der Waals surface area contributed by atoms with Crippen molar-refractivity contribution in [1.29, 1.82) is 0 Å². The molecule has 1 aromatic carbocycles. The summed E-state index contributed by atoms with van der Waals surface area (Å²) in [5.41, 5.74) is 0.752. The van der Waals surface area contributed by atoms with Crippen molar-refractivity contribution < 1.29 is 8.78 Å². The number of hydrogen-bond acceptors (Lipinski definition) is 1. The van der Waals surface area contributed by atoms with E-state index in [4.69, 9.17) is 0 Å². The molecule has 1 saturated carbocycles. The molecule has 0 amide bonds. The quantitative estimate of drug-likeness (QED) is 0.848. The molecule has 20 heavy (non-hydrogen) atoms. The summed E-state index contributed by atoms with van der Waals surface area (Å²) < 4.78 is 26.6. The van der Waals surface area contributed by atoms with Crippen LogP contribution in [0.15, 0.2) is 18.2 Å². The van der Waals surface area contributed by atoms with Gasteiger partial charge in [0.05, 0.1) is 0 Å². The lowest BCUT2D eigenvalue weighted by molar-refractivity contribution is 0.179.